The first-order valence-corrected chi connectivity index (χ1v) is 6.16. The summed E-state index contributed by atoms with van der Waals surface area (Å²) in [7, 11) is 0. The molecule has 0 heterocycles. The van der Waals surface area contributed by atoms with E-state index in [4.69, 9.17) is 15.2 Å². The van der Waals surface area contributed by atoms with Gasteiger partial charge in [-0.2, -0.15) is 0 Å². The Balaban J connectivity index is 2.17. The molecular formula is C14H23NO2. The third kappa shape index (κ3) is 5.82. The van der Waals surface area contributed by atoms with Gasteiger partial charge in [0.25, 0.3) is 0 Å². The summed E-state index contributed by atoms with van der Waals surface area (Å²) < 4.78 is 11.0. The molecule has 0 amide bonds. The molecule has 0 radical (unpaired) electrons. The maximum Gasteiger partial charge on any atom is 0.0721 e. The molecule has 1 aromatic carbocycles. The molecule has 0 fully saturated rings. The highest BCUT2D eigenvalue weighted by Crippen LogP contribution is 2.09. The van der Waals surface area contributed by atoms with Crippen molar-refractivity contribution in [2.75, 3.05) is 19.8 Å². The molecule has 0 bridgehead atoms. The second-order valence-electron chi connectivity index (χ2n) is 4.49. The minimum absolute atomic E-state index is 0.559. The Morgan fingerprint density at radius 3 is 2.35 bits per heavy atom. The SMILES string of the molecule is CC(C)COCCOCc1ccccc1CN. The van der Waals surface area contributed by atoms with E-state index < -0.39 is 0 Å². The Hall–Kier alpha value is -0.900. The third-order valence-corrected chi connectivity index (χ3v) is 2.42. The van der Waals surface area contributed by atoms with Crippen LogP contribution in [0.3, 0.4) is 0 Å². The zero-order valence-electron chi connectivity index (χ0n) is 10.8. The summed E-state index contributed by atoms with van der Waals surface area (Å²) in [6.07, 6.45) is 0. The van der Waals surface area contributed by atoms with Crippen LogP contribution in [0.4, 0.5) is 0 Å². The van der Waals surface area contributed by atoms with Gasteiger partial charge in [0.2, 0.25) is 0 Å². The summed E-state index contributed by atoms with van der Waals surface area (Å²) in [4.78, 5) is 0. The smallest absolute Gasteiger partial charge is 0.0721 e. The van der Waals surface area contributed by atoms with Gasteiger partial charge in [0, 0.05) is 13.2 Å². The molecule has 0 aliphatic heterocycles. The average Bonchev–Trinajstić information content (AvgIpc) is 2.33. The number of hydrogen-bond acceptors (Lipinski definition) is 3. The second-order valence-corrected chi connectivity index (χ2v) is 4.49. The average molecular weight is 237 g/mol. The minimum Gasteiger partial charge on any atom is -0.379 e. The molecule has 0 aliphatic rings. The van der Waals surface area contributed by atoms with Crippen LogP contribution in [0.25, 0.3) is 0 Å². The normalized spacial score (nSPS) is 11.1. The van der Waals surface area contributed by atoms with Crippen LogP contribution in [0.2, 0.25) is 0 Å². The molecule has 96 valence electrons. The lowest BCUT2D eigenvalue weighted by molar-refractivity contribution is 0.0312. The number of rotatable bonds is 8. The fourth-order valence-corrected chi connectivity index (χ4v) is 1.52. The Morgan fingerprint density at radius 1 is 1.06 bits per heavy atom. The monoisotopic (exact) mass is 237 g/mol. The van der Waals surface area contributed by atoms with Crippen LogP contribution in [0.5, 0.6) is 0 Å². The second kappa shape index (κ2) is 8.23. The Bertz CT molecular complexity index is 313. The van der Waals surface area contributed by atoms with Crippen molar-refractivity contribution < 1.29 is 9.47 Å². The van der Waals surface area contributed by atoms with E-state index in [2.05, 4.69) is 19.9 Å². The van der Waals surface area contributed by atoms with Crippen molar-refractivity contribution in [1.82, 2.24) is 0 Å². The van der Waals surface area contributed by atoms with Gasteiger partial charge in [-0.3, -0.25) is 0 Å². The predicted molar refractivity (Wildman–Crippen MR) is 69.6 cm³/mol. The molecule has 1 aromatic rings. The summed E-state index contributed by atoms with van der Waals surface area (Å²) in [5.41, 5.74) is 7.97. The molecule has 0 unspecified atom stereocenters. The van der Waals surface area contributed by atoms with Gasteiger partial charge in [0.15, 0.2) is 0 Å². The van der Waals surface area contributed by atoms with E-state index >= 15 is 0 Å². The molecule has 2 N–H and O–H groups in total. The molecule has 17 heavy (non-hydrogen) atoms. The summed E-state index contributed by atoms with van der Waals surface area (Å²) in [5, 5.41) is 0. The topological polar surface area (TPSA) is 44.5 Å². The standard InChI is InChI=1S/C14H23NO2/c1-12(2)10-16-7-8-17-11-14-6-4-3-5-13(14)9-15/h3-6,12H,7-11,15H2,1-2H3. The molecule has 1 rings (SSSR count). The molecule has 0 saturated heterocycles. The first-order chi connectivity index (χ1) is 8.24. The quantitative estimate of drug-likeness (QED) is 0.706. The molecule has 3 nitrogen and oxygen atoms in total. The lowest BCUT2D eigenvalue weighted by Crippen LogP contribution is -2.09. The van der Waals surface area contributed by atoms with Crippen molar-refractivity contribution >= 4 is 0 Å². The zero-order valence-corrected chi connectivity index (χ0v) is 10.8. The Morgan fingerprint density at radius 2 is 1.71 bits per heavy atom. The molecule has 0 spiro atoms. The van der Waals surface area contributed by atoms with E-state index in [1.54, 1.807) is 0 Å². The van der Waals surface area contributed by atoms with E-state index in [0.717, 1.165) is 12.2 Å². The van der Waals surface area contributed by atoms with Crippen molar-refractivity contribution in [2.45, 2.75) is 27.0 Å². The van der Waals surface area contributed by atoms with Crippen LogP contribution < -0.4 is 5.73 Å². The van der Waals surface area contributed by atoms with Crippen LogP contribution in [0.1, 0.15) is 25.0 Å². The van der Waals surface area contributed by atoms with Crippen molar-refractivity contribution in [3.63, 3.8) is 0 Å². The molecule has 3 heteroatoms. The minimum atomic E-state index is 0.559. The van der Waals surface area contributed by atoms with Gasteiger partial charge >= 0.3 is 0 Å². The van der Waals surface area contributed by atoms with Crippen molar-refractivity contribution in [1.29, 1.82) is 0 Å². The lowest BCUT2D eigenvalue weighted by Gasteiger charge is -2.09. The van der Waals surface area contributed by atoms with Gasteiger partial charge in [0.05, 0.1) is 19.8 Å². The number of ether oxygens (including phenoxy) is 2. The van der Waals surface area contributed by atoms with Crippen LogP contribution in [-0.4, -0.2) is 19.8 Å². The highest BCUT2D eigenvalue weighted by atomic mass is 16.5. The number of hydrogen-bond donors (Lipinski definition) is 1. The van der Waals surface area contributed by atoms with Gasteiger partial charge in [-0.1, -0.05) is 38.1 Å². The first-order valence-electron chi connectivity index (χ1n) is 6.16. The Labute approximate surface area is 104 Å². The fraction of sp³-hybridized carbons (Fsp3) is 0.571. The fourth-order valence-electron chi connectivity index (χ4n) is 1.52. The van der Waals surface area contributed by atoms with Crippen molar-refractivity contribution in [2.24, 2.45) is 11.7 Å². The van der Waals surface area contributed by atoms with E-state index in [9.17, 15) is 0 Å². The summed E-state index contributed by atoms with van der Waals surface area (Å²) in [5.74, 6) is 0.577. The van der Waals surface area contributed by atoms with Gasteiger partial charge < -0.3 is 15.2 Å². The zero-order chi connectivity index (χ0) is 12.5. The number of nitrogens with two attached hydrogens (primary N) is 1. The van der Waals surface area contributed by atoms with E-state index in [1.165, 1.54) is 5.56 Å². The first kappa shape index (κ1) is 14.2. The molecule has 0 aliphatic carbocycles. The molecule has 0 aromatic heterocycles. The van der Waals surface area contributed by atoms with Gasteiger partial charge in [-0.15, -0.1) is 0 Å². The van der Waals surface area contributed by atoms with E-state index in [1.807, 2.05) is 18.2 Å². The van der Waals surface area contributed by atoms with Crippen molar-refractivity contribution in [3.8, 4) is 0 Å². The Kier molecular flexibility index (Phi) is 6.86. The summed E-state index contributed by atoms with van der Waals surface area (Å²) in [6.45, 7) is 7.52. The summed E-state index contributed by atoms with van der Waals surface area (Å²) >= 11 is 0. The molecular weight excluding hydrogens is 214 g/mol. The van der Waals surface area contributed by atoms with Crippen LogP contribution >= 0.6 is 0 Å². The van der Waals surface area contributed by atoms with Gasteiger partial charge in [-0.25, -0.2) is 0 Å². The van der Waals surface area contributed by atoms with Crippen LogP contribution in [-0.2, 0) is 22.6 Å². The highest BCUT2D eigenvalue weighted by Gasteiger charge is 2.00. The van der Waals surface area contributed by atoms with Crippen molar-refractivity contribution in [3.05, 3.63) is 35.4 Å². The third-order valence-electron chi connectivity index (χ3n) is 2.42. The maximum atomic E-state index is 5.66. The molecule has 0 saturated carbocycles. The van der Waals surface area contributed by atoms with Crippen LogP contribution in [0.15, 0.2) is 24.3 Å². The molecule has 0 atom stereocenters. The maximum absolute atomic E-state index is 5.66. The number of benzene rings is 1. The summed E-state index contributed by atoms with van der Waals surface area (Å²) in [6, 6.07) is 8.09. The van der Waals surface area contributed by atoms with E-state index in [0.29, 0.717) is 32.3 Å². The van der Waals surface area contributed by atoms with Gasteiger partial charge in [0.1, 0.15) is 0 Å². The largest absolute Gasteiger partial charge is 0.379 e. The highest BCUT2D eigenvalue weighted by molar-refractivity contribution is 5.26. The van der Waals surface area contributed by atoms with E-state index in [-0.39, 0.29) is 0 Å². The predicted octanol–water partition coefficient (Wildman–Crippen LogP) is 2.33. The van der Waals surface area contributed by atoms with Crippen LogP contribution in [0, 0.1) is 5.92 Å². The lowest BCUT2D eigenvalue weighted by atomic mass is 10.1. The van der Waals surface area contributed by atoms with Gasteiger partial charge in [-0.05, 0) is 17.0 Å².